The van der Waals surface area contributed by atoms with Crippen molar-refractivity contribution in [1.29, 1.82) is 0 Å². The van der Waals surface area contributed by atoms with Gasteiger partial charge in [0, 0.05) is 23.7 Å². The first kappa shape index (κ1) is 21.4. The predicted molar refractivity (Wildman–Crippen MR) is 113 cm³/mol. The van der Waals surface area contributed by atoms with Gasteiger partial charge in [-0.1, -0.05) is 50.8 Å². The molecule has 2 rings (SSSR count). The van der Waals surface area contributed by atoms with Gasteiger partial charge in [-0.15, -0.1) is 10.2 Å². The summed E-state index contributed by atoms with van der Waals surface area (Å²) in [4.78, 5) is 24.4. The Labute approximate surface area is 168 Å². The second kappa shape index (κ2) is 9.85. The van der Waals surface area contributed by atoms with Crippen LogP contribution in [0.4, 0.5) is 10.8 Å². The summed E-state index contributed by atoms with van der Waals surface area (Å²) in [5.74, 6) is 0.415. The van der Waals surface area contributed by atoms with Gasteiger partial charge in [-0.2, -0.15) is 0 Å². The van der Waals surface area contributed by atoms with Crippen molar-refractivity contribution in [3.63, 3.8) is 0 Å². The second-order valence-electron chi connectivity index (χ2n) is 6.99. The van der Waals surface area contributed by atoms with Crippen molar-refractivity contribution in [3.8, 4) is 0 Å². The largest absolute Gasteiger partial charge is 0.360 e. The van der Waals surface area contributed by atoms with Crippen LogP contribution in [-0.2, 0) is 4.79 Å². The first-order valence-corrected chi connectivity index (χ1v) is 10.6. The molecule has 1 aromatic heterocycles. The average molecular weight is 407 g/mol. The highest BCUT2D eigenvalue weighted by molar-refractivity contribution is 8.02. The van der Waals surface area contributed by atoms with E-state index in [1.807, 2.05) is 20.8 Å². The summed E-state index contributed by atoms with van der Waals surface area (Å²) in [6.45, 7) is 10.6. The predicted octanol–water partition coefficient (Wildman–Crippen LogP) is 4.56. The number of carbonyl (C=O) groups is 2. The molecule has 1 amide bonds. The number of hydrogen-bond donors (Lipinski definition) is 2. The van der Waals surface area contributed by atoms with Gasteiger partial charge in [0.15, 0.2) is 10.1 Å². The van der Waals surface area contributed by atoms with Crippen LogP contribution in [0.5, 0.6) is 0 Å². The molecule has 2 N–H and O–H groups in total. The van der Waals surface area contributed by atoms with Gasteiger partial charge in [0.2, 0.25) is 11.0 Å². The molecule has 0 fully saturated rings. The molecular formula is C19H26N4O2S2. The molecule has 146 valence electrons. The van der Waals surface area contributed by atoms with Gasteiger partial charge in [-0.05, 0) is 37.1 Å². The molecular weight excluding hydrogens is 380 g/mol. The lowest BCUT2D eigenvalue weighted by Gasteiger charge is -2.10. The van der Waals surface area contributed by atoms with Gasteiger partial charge in [-0.3, -0.25) is 9.59 Å². The molecule has 0 saturated carbocycles. The molecule has 2 aromatic rings. The van der Waals surface area contributed by atoms with Gasteiger partial charge in [0.05, 0.1) is 5.25 Å². The normalized spacial score (nSPS) is 12.3. The second-order valence-corrected chi connectivity index (χ2v) is 9.56. The number of nitrogens with one attached hydrogen (secondary N) is 2. The Morgan fingerprint density at radius 2 is 1.74 bits per heavy atom. The summed E-state index contributed by atoms with van der Waals surface area (Å²) in [6.07, 6.45) is 0. The molecule has 6 nitrogen and oxygen atoms in total. The fourth-order valence-corrected chi connectivity index (χ4v) is 4.04. The number of ketones is 1. The third-order valence-corrected chi connectivity index (χ3v) is 5.74. The van der Waals surface area contributed by atoms with Gasteiger partial charge in [0.1, 0.15) is 0 Å². The van der Waals surface area contributed by atoms with E-state index >= 15 is 0 Å². The van der Waals surface area contributed by atoms with Gasteiger partial charge < -0.3 is 10.6 Å². The van der Waals surface area contributed by atoms with Crippen LogP contribution in [0.1, 0.15) is 45.0 Å². The van der Waals surface area contributed by atoms with Crippen molar-refractivity contribution in [2.45, 2.75) is 44.2 Å². The number of amides is 1. The van der Waals surface area contributed by atoms with Gasteiger partial charge in [-0.25, -0.2) is 0 Å². The van der Waals surface area contributed by atoms with E-state index in [-0.39, 0.29) is 22.9 Å². The number of aromatic nitrogens is 2. The number of carbonyl (C=O) groups excluding carboxylic acids is 2. The van der Waals surface area contributed by atoms with Crippen LogP contribution in [0.3, 0.4) is 0 Å². The fourth-order valence-electron chi connectivity index (χ4n) is 2.06. The maximum absolute atomic E-state index is 12.6. The van der Waals surface area contributed by atoms with Crippen molar-refractivity contribution < 1.29 is 9.59 Å². The number of hydrogen-bond acceptors (Lipinski definition) is 7. The Balaban J connectivity index is 1.93. The van der Waals surface area contributed by atoms with Crippen molar-refractivity contribution in [2.75, 3.05) is 17.2 Å². The smallest absolute Gasteiger partial charge is 0.226 e. The average Bonchev–Trinajstić information content (AvgIpc) is 3.07. The zero-order valence-corrected chi connectivity index (χ0v) is 17.9. The van der Waals surface area contributed by atoms with E-state index in [2.05, 4.69) is 34.7 Å². The number of rotatable bonds is 9. The minimum Gasteiger partial charge on any atom is -0.360 e. The molecule has 0 radical (unpaired) electrons. The van der Waals surface area contributed by atoms with Crippen molar-refractivity contribution in [1.82, 2.24) is 10.2 Å². The molecule has 0 aliphatic rings. The van der Waals surface area contributed by atoms with E-state index in [0.717, 1.165) is 16.0 Å². The summed E-state index contributed by atoms with van der Waals surface area (Å²) in [7, 11) is 0. The summed E-state index contributed by atoms with van der Waals surface area (Å²) in [5, 5.41) is 14.8. The lowest BCUT2D eigenvalue weighted by molar-refractivity contribution is -0.118. The van der Waals surface area contributed by atoms with Crippen molar-refractivity contribution in [3.05, 3.63) is 29.8 Å². The fraction of sp³-hybridized carbons (Fsp3) is 0.474. The van der Waals surface area contributed by atoms with Gasteiger partial charge in [0.25, 0.3) is 0 Å². The number of anilines is 2. The summed E-state index contributed by atoms with van der Waals surface area (Å²) < 4.78 is 0.767. The Morgan fingerprint density at radius 1 is 1.07 bits per heavy atom. The first-order valence-electron chi connectivity index (χ1n) is 8.95. The minimum absolute atomic E-state index is 0.0219. The molecule has 1 atom stereocenters. The number of thioether (sulfide) groups is 1. The maximum atomic E-state index is 12.6. The topological polar surface area (TPSA) is 84.0 Å². The van der Waals surface area contributed by atoms with Crippen LogP contribution in [0.15, 0.2) is 28.6 Å². The summed E-state index contributed by atoms with van der Waals surface area (Å²) in [5.41, 5.74) is 1.30. The third kappa shape index (κ3) is 6.62. The van der Waals surface area contributed by atoms with Crippen LogP contribution in [0.25, 0.3) is 0 Å². The quantitative estimate of drug-likeness (QED) is 0.469. The Hall–Kier alpha value is -1.93. The minimum atomic E-state index is -0.271. The highest BCUT2D eigenvalue weighted by atomic mass is 32.2. The van der Waals surface area contributed by atoms with Gasteiger partial charge >= 0.3 is 0 Å². The molecule has 0 spiro atoms. The molecule has 0 aliphatic heterocycles. The van der Waals surface area contributed by atoms with Crippen LogP contribution in [0.2, 0.25) is 0 Å². The summed E-state index contributed by atoms with van der Waals surface area (Å²) in [6, 6.07) is 6.99. The number of benzene rings is 1. The Bertz CT molecular complexity index is 772. The van der Waals surface area contributed by atoms with E-state index in [1.165, 1.54) is 23.1 Å². The molecule has 1 aromatic carbocycles. The molecule has 0 bridgehead atoms. The Morgan fingerprint density at radius 3 is 2.33 bits per heavy atom. The third-order valence-electron chi connectivity index (χ3n) is 3.68. The Kier molecular flexibility index (Phi) is 7.79. The lowest BCUT2D eigenvalue weighted by atomic mass is 10.1. The van der Waals surface area contributed by atoms with E-state index < -0.39 is 0 Å². The van der Waals surface area contributed by atoms with E-state index in [4.69, 9.17) is 0 Å². The SMILES string of the molecule is CC(C)CNc1nnc(S[C@H](C)C(=O)c2ccc(NC(=O)C(C)C)cc2)s1. The van der Waals surface area contributed by atoms with Crippen LogP contribution < -0.4 is 10.6 Å². The van der Waals surface area contributed by atoms with E-state index in [1.54, 1.807) is 24.3 Å². The van der Waals surface area contributed by atoms with Crippen LogP contribution >= 0.6 is 23.1 Å². The number of Topliss-reactive ketones (excluding diaryl/α,β-unsaturated/α-hetero) is 1. The monoisotopic (exact) mass is 406 g/mol. The molecule has 0 saturated heterocycles. The van der Waals surface area contributed by atoms with E-state index in [0.29, 0.717) is 17.2 Å². The maximum Gasteiger partial charge on any atom is 0.226 e. The van der Waals surface area contributed by atoms with Crippen molar-refractivity contribution in [2.24, 2.45) is 11.8 Å². The molecule has 0 unspecified atom stereocenters. The zero-order valence-electron chi connectivity index (χ0n) is 16.3. The van der Waals surface area contributed by atoms with Crippen molar-refractivity contribution >= 4 is 45.6 Å². The zero-order chi connectivity index (χ0) is 20.0. The van der Waals surface area contributed by atoms with Crippen LogP contribution in [-0.4, -0.2) is 33.7 Å². The number of nitrogens with zero attached hydrogens (tertiary/aromatic N) is 2. The van der Waals surface area contributed by atoms with Crippen LogP contribution in [0, 0.1) is 11.8 Å². The highest BCUT2D eigenvalue weighted by Crippen LogP contribution is 2.30. The molecule has 1 heterocycles. The molecule has 0 aliphatic carbocycles. The molecule has 8 heteroatoms. The first-order chi connectivity index (χ1) is 12.8. The molecule has 27 heavy (non-hydrogen) atoms. The lowest BCUT2D eigenvalue weighted by Crippen LogP contribution is -2.18. The highest BCUT2D eigenvalue weighted by Gasteiger charge is 2.19. The standard InChI is InChI=1S/C19H26N4O2S2/c1-11(2)10-20-18-22-23-19(27-18)26-13(5)16(24)14-6-8-15(9-7-14)21-17(25)12(3)4/h6-9,11-13H,10H2,1-5H3,(H,20,22)(H,21,25)/t13-/m1/s1. The summed E-state index contributed by atoms with van der Waals surface area (Å²) >= 11 is 2.86. The van der Waals surface area contributed by atoms with E-state index in [9.17, 15) is 9.59 Å².